The fourth-order valence-electron chi connectivity index (χ4n) is 5.23. The topological polar surface area (TPSA) is 75.8 Å². The molecule has 184 valence electrons. The summed E-state index contributed by atoms with van der Waals surface area (Å²) in [5.74, 6) is 6.62. The van der Waals surface area contributed by atoms with Crippen LogP contribution in [0.2, 0.25) is 0 Å². The van der Waals surface area contributed by atoms with Crippen molar-refractivity contribution in [3.05, 3.63) is 89.1 Å². The molecule has 1 unspecified atom stereocenters. The van der Waals surface area contributed by atoms with Crippen molar-refractivity contribution in [1.82, 2.24) is 9.88 Å². The molecular formula is C30H30N2O4. The Morgan fingerprint density at radius 1 is 1.19 bits per heavy atom. The van der Waals surface area contributed by atoms with Crippen molar-refractivity contribution in [3.8, 4) is 17.6 Å². The Labute approximate surface area is 211 Å². The molecule has 2 aromatic carbocycles. The van der Waals surface area contributed by atoms with Crippen molar-refractivity contribution in [3.63, 3.8) is 0 Å². The first-order valence-corrected chi connectivity index (χ1v) is 12.4. The molecule has 6 nitrogen and oxygen atoms in total. The lowest BCUT2D eigenvalue weighted by atomic mass is 9.74. The number of aromatic nitrogens is 1. The minimum absolute atomic E-state index is 0.0257. The Morgan fingerprint density at radius 3 is 2.72 bits per heavy atom. The van der Waals surface area contributed by atoms with E-state index in [0.29, 0.717) is 11.6 Å². The number of rotatable bonds is 8. The lowest BCUT2D eigenvalue weighted by Gasteiger charge is -2.39. The van der Waals surface area contributed by atoms with Gasteiger partial charge in [-0.05, 0) is 61.7 Å². The van der Waals surface area contributed by atoms with Crippen LogP contribution in [0, 0.1) is 11.8 Å². The molecule has 1 saturated heterocycles. The second-order valence-electron chi connectivity index (χ2n) is 9.48. The molecule has 3 aromatic rings. The van der Waals surface area contributed by atoms with Crippen molar-refractivity contribution in [2.75, 3.05) is 13.1 Å². The number of benzene rings is 2. The number of hydrogen-bond acceptors (Lipinski definition) is 5. The maximum absolute atomic E-state index is 11.1. The third kappa shape index (κ3) is 5.22. The molecule has 2 heterocycles. The zero-order valence-electron chi connectivity index (χ0n) is 20.4. The van der Waals surface area contributed by atoms with E-state index < -0.39 is 5.97 Å². The van der Waals surface area contributed by atoms with E-state index in [9.17, 15) is 4.79 Å². The van der Waals surface area contributed by atoms with Crippen molar-refractivity contribution in [2.24, 2.45) is 0 Å². The highest BCUT2D eigenvalue weighted by atomic mass is 16.5. The maximum Gasteiger partial charge on any atom is 0.304 e. The number of ether oxygens (including phenoxy) is 1. The largest absolute Gasteiger partial charge is 0.484 e. The summed E-state index contributed by atoms with van der Waals surface area (Å²) in [7, 11) is 0. The van der Waals surface area contributed by atoms with Gasteiger partial charge in [-0.1, -0.05) is 54.5 Å². The summed E-state index contributed by atoms with van der Waals surface area (Å²) >= 11 is 0. The summed E-state index contributed by atoms with van der Waals surface area (Å²) < 4.78 is 11.8. The van der Waals surface area contributed by atoms with Gasteiger partial charge >= 0.3 is 5.97 Å². The van der Waals surface area contributed by atoms with Gasteiger partial charge in [-0.3, -0.25) is 9.69 Å². The summed E-state index contributed by atoms with van der Waals surface area (Å²) in [6.07, 6.45) is 8.65. The molecule has 1 spiro atoms. The maximum atomic E-state index is 11.1. The van der Waals surface area contributed by atoms with Gasteiger partial charge in [-0.15, -0.1) is 5.92 Å². The summed E-state index contributed by atoms with van der Waals surface area (Å²) in [4.78, 5) is 17.9. The second-order valence-corrected chi connectivity index (χ2v) is 9.48. The fourth-order valence-corrected chi connectivity index (χ4v) is 5.23. The number of carbonyl (C=O) groups is 1. The summed E-state index contributed by atoms with van der Waals surface area (Å²) in [6.45, 7) is 4.72. The Morgan fingerprint density at radius 2 is 1.97 bits per heavy atom. The van der Waals surface area contributed by atoms with Gasteiger partial charge in [0.25, 0.3) is 0 Å². The summed E-state index contributed by atoms with van der Waals surface area (Å²) in [5, 5.41) is 9.11. The molecule has 1 aliphatic carbocycles. The molecule has 1 atom stereocenters. The third-order valence-corrected chi connectivity index (χ3v) is 7.15. The second kappa shape index (κ2) is 10.4. The van der Waals surface area contributed by atoms with E-state index in [4.69, 9.17) is 14.3 Å². The molecule has 36 heavy (non-hydrogen) atoms. The number of aliphatic carboxylic acids is 1. The van der Waals surface area contributed by atoms with Crippen molar-refractivity contribution < 1.29 is 19.1 Å². The van der Waals surface area contributed by atoms with Crippen LogP contribution in [0.5, 0.6) is 5.75 Å². The molecule has 6 heteroatoms. The van der Waals surface area contributed by atoms with E-state index >= 15 is 0 Å². The number of likely N-dealkylation sites (tertiary alicyclic amines) is 1. The fraction of sp³-hybridized carbons (Fsp3) is 0.333. The van der Waals surface area contributed by atoms with Crippen LogP contribution in [0.15, 0.2) is 65.2 Å². The molecule has 1 aliphatic heterocycles. The molecule has 0 saturated carbocycles. The van der Waals surface area contributed by atoms with E-state index in [1.165, 1.54) is 11.1 Å². The summed E-state index contributed by atoms with van der Waals surface area (Å²) in [5.41, 5.74) is 3.86. The van der Waals surface area contributed by atoms with Crippen LogP contribution in [-0.2, 0) is 23.4 Å². The average Bonchev–Trinajstić information content (AvgIpc) is 3.49. The van der Waals surface area contributed by atoms with Crippen LogP contribution in [0.4, 0.5) is 0 Å². The van der Waals surface area contributed by atoms with Crippen molar-refractivity contribution in [2.45, 2.75) is 50.7 Å². The van der Waals surface area contributed by atoms with Gasteiger partial charge in [0.2, 0.25) is 5.89 Å². The number of hydrogen-bond donors (Lipinski definition) is 1. The summed E-state index contributed by atoms with van der Waals surface area (Å²) in [6, 6.07) is 16.1. The number of allylic oxidation sites excluding steroid dienone is 1. The molecule has 2 aliphatic rings. The van der Waals surface area contributed by atoms with Gasteiger partial charge in [-0.2, -0.15) is 0 Å². The van der Waals surface area contributed by atoms with Crippen LogP contribution in [0.1, 0.15) is 60.4 Å². The molecule has 0 bridgehead atoms. The monoisotopic (exact) mass is 482 g/mol. The zero-order valence-corrected chi connectivity index (χ0v) is 20.4. The number of oxazole rings is 1. The van der Waals surface area contributed by atoms with E-state index in [2.05, 4.69) is 58.1 Å². The first-order chi connectivity index (χ1) is 17.5. The Bertz CT molecular complexity index is 1300. The highest BCUT2D eigenvalue weighted by Gasteiger charge is 2.37. The Balaban J connectivity index is 1.12. The highest BCUT2D eigenvalue weighted by Crippen LogP contribution is 2.43. The van der Waals surface area contributed by atoms with Crippen LogP contribution in [-0.4, -0.2) is 34.0 Å². The first-order valence-electron chi connectivity index (χ1n) is 12.4. The SMILES string of the molecule is CC#CC(CC(=O)O)c1ccc(OCc2ncc(CN3CCC4(C=Cc5ccccc54)CC3)o2)cc1. The number of carboxylic acids is 1. The van der Waals surface area contributed by atoms with Crippen LogP contribution < -0.4 is 4.74 Å². The smallest absolute Gasteiger partial charge is 0.304 e. The predicted octanol–water partition coefficient (Wildman–Crippen LogP) is 5.40. The zero-order chi connectivity index (χ0) is 25.0. The van der Waals surface area contributed by atoms with Gasteiger partial charge in [0.15, 0.2) is 6.61 Å². The average molecular weight is 483 g/mol. The van der Waals surface area contributed by atoms with Gasteiger partial charge in [-0.25, -0.2) is 4.98 Å². The molecule has 1 N–H and O–H groups in total. The number of fused-ring (bicyclic) bond motifs is 2. The van der Waals surface area contributed by atoms with Gasteiger partial charge < -0.3 is 14.3 Å². The molecule has 1 aromatic heterocycles. The molecule has 1 fully saturated rings. The minimum Gasteiger partial charge on any atom is -0.484 e. The Kier molecular flexibility index (Phi) is 6.92. The van der Waals surface area contributed by atoms with Crippen LogP contribution in [0.3, 0.4) is 0 Å². The molecular weight excluding hydrogens is 452 g/mol. The lowest BCUT2D eigenvalue weighted by molar-refractivity contribution is -0.137. The first kappa shape index (κ1) is 23.9. The van der Waals surface area contributed by atoms with E-state index in [1.807, 2.05) is 24.3 Å². The standard InChI is InChI=1S/C30H30N2O4/c1-2-5-24(18-29(33)34)22-8-10-25(11-9-22)35-21-28-31-19-26(36-28)20-32-16-14-30(15-17-32)13-12-23-6-3-4-7-27(23)30/h3-4,6-13,19,24H,14-18,20-21H2,1H3,(H,33,34). The number of nitrogens with zero attached hydrogens (tertiary/aromatic N) is 2. The van der Waals surface area contributed by atoms with Crippen LogP contribution in [0.25, 0.3) is 6.08 Å². The van der Waals surface area contributed by atoms with Crippen molar-refractivity contribution >= 4 is 12.0 Å². The third-order valence-electron chi connectivity index (χ3n) is 7.15. The highest BCUT2D eigenvalue weighted by molar-refractivity contribution is 5.69. The number of carboxylic acid groups (broad SMARTS) is 1. The predicted molar refractivity (Wildman–Crippen MR) is 137 cm³/mol. The van der Waals surface area contributed by atoms with Gasteiger partial charge in [0, 0.05) is 5.41 Å². The van der Waals surface area contributed by atoms with Gasteiger partial charge in [0.05, 0.1) is 25.1 Å². The molecule has 5 rings (SSSR count). The van der Waals surface area contributed by atoms with E-state index in [0.717, 1.165) is 43.8 Å². The number of piperidine rings is 1. The lowest BCUT2D eigenvalue weighted by Crippen LogP contribution is -2.40. The van der Waals surface area contributed by atoms with E-state index in [1.54, 1.807) is 13.1 Å². The van der Waals surface area contributed by atoms with Crippen molar-refractivity contribution in [1.29, 1.82) is 0 Å². The normalized spacial score (nSPS) is 16.8. The minimum atomic E-state index is -0.868. The van der Waals surface area contributed by atoms with Crippen LogP contribution >= 0.6 is 0 Å². The molecule has 0 amide bonds. The van der Waals surface area contributed by atoms with Gasteiger partial charge in [0.1, 0.15) is 11.5 Å². The van der Waals surface area contributed by atoms with E-state index in [-0.39, 0.29) is 24.4 Å². The quantitative estimate of drug-likeness (QED) is 0.434. The Hall–Kier alpha value is -3.82. The molecule has 0 radical (unpaired) electrons.